The van der Waals surface area contributed by atoms with E-state index in [1.54, 1.807) is 0 Å². The summed E-state index contributed by atoms with van der Waals surface area (Å²) >= 11 is 0. The van der Waals surface area contributed by atoms with Gasteiger partial charge in [-0.15, -0.1) is 0 Å². The molecule has 86 valence electrons. The SMILES string of the molecule is CCC[C@@H]1C[C@H](O)/C=C/CCCC(=O)O1. The third-order valence-electron chi connectivity index (χ3n) is 2.52. The number of esters is 1. The molecule has 0 amide bonds. The molecule has 3 heteroatoms. The van der Waals surface area contributed by atoms with E-state index < -0.39 is 6.10 Å². The zero-order valence-electron chi connectivity index (χ0n) is 9.32. The molecule has 0 unspecified atom stereocenters. The van der Waals surface area contributed by atoms with E-state index in [1.165, 1.54) is 0 Å². The minimum Gasteiger partial charge on any atom is -0.462 e. The van der Waals surface area contributed by atoms with E-state index in [9.17, 15) is 9.90 Å². The molecule has 0 aromatic rings. The lowest BCUT2D eigenvalue weighted by Gasteiger charge is -2.20. The number of ether oxygens (including phenoxy) is 1. The number of aliphatic hydroxyl groups excluding tert-OH is 1. The molecule has 1 aliphatic rings. The Morgan fingerprint density at radius 3 is 3.13 bits per heavy atom. The average Bonchev–Trinajstić information content (AvgIpc) is 2.17. The minimum absolute atomic E-state index is 0.125. The van der Waals surface area contributed by atoms with Crippen LogP contribution in [0.5, 0.6) is 0 Å². The smallest absolute Gasteiger partial charge is 0.306 e. The van der Waals surface area contributed by atoms with Crippen LogP contribution in [-0.2, 0) is 9.53 Å². The molecular formula is C12H20O3. The molecule has 0 saturated carbocycles. The van der Waals surface area contributed by atoms with Gasteiger partial charge in [-0.3, -0.25) is 4.79 Å². The van der Waals surface area contributed by atoms with Gasteiger partial charge in [-0.25, -0.2) is 0 Å². The highest BCUT2D eigenvalue weighted by molar-refractivity contribution is 5.69. The first kappa shape index (κ1) is 12.2. The van der Waals surface area contributed by atoms with Crippen molar-refractivity contribution in [2.45, 2.75) is 57.7 Å². The zero-order chi connectivity index (χ0) is 11.1. The van der Waals surface area contributed by atoms with Crippen LogP contribution in [0.2, 0.25) is 0 Å². The van der Waals surface area contributed by atoms with Crippen LogP contribution in [0.4, 0.5) is 0 Å². The van der Waals surface area contributed by atoms with Crippen molar-refractivity contribution in [2.75, 3.05) is 0 Å². The van der Waals surface area contributed by atoms with Gasteiger partial charge in [0.05, 0.1) is 6.10 Å². The van der Waals surface area contributed by atoms with Crippen LogP contribution in [0.1, 0.15) is 45.4 Å². The molecule has 0 aromatic carbocycles. The molecule has 2 atom stereocenters. The average molecular weight is 212 g/mol. The standard InChI is InChI=1S/C12H20O3/c1-2-6-11-9-10(13)7-4-3-5-8-12(14)15-11/h4,7,10-11,13H,2-3,5-6,8-9H2,1H3/b7-4+/t10-,11-/m1/s1. The summed E-state index contributed by atoms with van der Waals surface area (Å²) in [5, 5.41) is 9.64. The second-order valence-corrected chi connectivity index (χ2v) is 4.02. The third-order valence-corrected chi connectivity index (χ3v) is 2.52. The summed E-state index contributed by atoms with van der Waals surface area (Å²) < 4.78 is 5.30. The number of hydrogen-bond donors (Lipinski definition) is 1. The number of rotatable bonds is 2. The van der Waals surface area contributed by atoms with Gasteiger partial charge in [-0.2, -0.15) is 0 Å². The third kappa shape index (κ3) is 4.98. The molecule has 0 aromatic heterocycles. The Bertz CT molecular complexity index is 223. The lowest BCUT2D eigenvalue weighted by Crippen LogP contribution is -2.23. The van der Waals surface area contributed by atoms with Gasteiger partial charge in [-0.05, 0) is 19.3 Å². The highest BCUT2D eigenvalue weighted by atomic mass is 16.5. The summed E-state index contributed by atoms with van der Waals surface area (Å²) in [6.45, 7) is 2.05. The molecule has 0 spiro atoms. The number of hydrogen-bond acceptors (Lipinski definition) is 3. The molecule has 0 bridgehead atoms. The van der Waals surface area contributed by atoms with Crippen molar-refractivity contribution < 1.29 is 14.6 Å². The number of cyclic esters (lactones) is 1. The lowest BCUT2D eigenvalue weighted by molar-refractivity contribution is -0.150. The molecule has 3 nitrogen and oxygen atoms in total. The van der Waals surface area contributed by atoms with E-state index >= 15 is 0 Å². The summed E-state index contributed by atoms with van der Waals surface area (Å²) in [6, 6.07) is 0. The number of allylic oxidation sites excluding steroid dienone is 1. The highest BCUT2D eigenvalue weighted by Crippen LogP contribution is 2.14. The minimum atomic E-state index is -0.479. The van der Waals surface area contributed by atoms with Crippen molar-refractivity contribution >= 4 is 5.97 Å². The Morgan fingerprint density at radius 1 is 1.60 bits per heavy atom. The van der Waals surface area contributed by atoms with Crippen LogP contribution in [-0.4, -0.2) is 23.3 Å². The van der Waals surface area contributed by atoms with Crippen LogP contribution >= 0.6 is 0 Å². The summed E-state index contributed by atoms with van der Waals surface area (Å²) in [5.74, 6) is -0.129. The topological polar surface area (TPSA) is 46.5 Å². The highest BCUT2D eigenvalue weighted by Gasteiger charge is 2.17. The summed E-state index contributed by atoms with van der Waals surface area (Å²) in [5.41, 5.74) is 0. The van der Waals surface area contributed by atoms with Gasteiger partial charge < -0.3 is 9.84 Å². The Balaban J connectivity index is 2.55. The summed E-state index contributed by atoms with van der Waals surface area (Å²) in [6.07, 6.45) is 7.61. The molecule has 15 heavy (non-hydrogen) atoms. The van der Waals surface area contributed by atoms with Crippen molar-refractivity contribution in [1.29, 1.82) is 0 Å². The fourth-order valence-corrected chi connectivity index (χ4v) is 1.76. The number of aliphatic hydroxyl groups is 1. The molecule has 1 heterocycles. The van der Waals surface area contributed by atoms with Crippen molar-refractivity contribution in [2.24, 2.45) is 0 Å². The van der Waals surface area contributed by atoms with Gasteiger partial charge in [-0.1, -0.05) is 25.5 Å². The van der Waals surface area contributed by atoms with Crippen LogP contribution < -0.4 is 0 Å². The predicted molar refractivity (Wildman–Crippen MR) is 58.4 cm³/mol. The van der Waals surface area contributed by atoms with E-state index in [0.717, 1.165) is 25.7 Å². The Labute approximate surface area is 91.1 Å². The number of carbonyl (C=O) groups is 1. The Hall–Kier alpha value is -0.830. The van der Waals surface area contributed by atoms with Crippen LogP contribution in [0, 0.1) is 0 Å². The normalized spacial score (nSPS) is 30.7. The van der Waals surface area contributed by atoms with Crippen molar-refractivity contribution in [3.63, 3.8) is 0 Å². The quantitative estimate of drug-likeness (QED) is 0.563. The first-order valence-electron chi connectivity index (χ1n) is 5.76. The molecular weight excluding hydrogens is 192 g/mol. The monoisotopic (exact) mass is 212 g/mol. The molecule has 0 saturated heterocycles. The first-order valence-corrected chi connectivity index (χ1v) is 5.76. The molecule has 1 rings (SSSR count). The predicted octanol–water partition coefficient (Wildman–Crippen LogP) is 2.19. The fourth-order valence-electron chi connectivity index (χ4n) is 1.76. The largest absolute Gasteiger partial charge is 0.462 e. The second kappa shape index (κ2) is 6.62. The molecule has 0 fully saturated rings. The van der Waals surface area contributed by atoms with E-state index in [2.05, 4.69) is 6.92 Å². The first-order chi connectivity index (χ1) is 7.22. The van der Waals surface area contributed by atoms with Gasteiger partial charge >= 0.3 is 5.97 Å². The summed E-state index contributed by atoms with van der Waals surface area (Å²) in [7, 11) is 0. The van der Waals surface area contributed by atoms with Crippen LogP contribution in [0.15, 0.2) is 12.2 Å². The van der Waals surface area contributed by atoms with Crippen LogP contribution in [0.25, 0.3) is 0 Å². The van der Waals surface area contributed by atoms with E-state index in [-0.39, 0.29) is 12.1 Å². The van der Waals surface area contributed by atoms with E-state index in [0.29, 0.717) is 12.8 Å². The van der Waals surface area contributed by atoms with Crippen molar-refractivity contribution in [3.8, 4) is 0 Å². The Morgan fingerprint density at radius 2 is 2.40 bits per heavy atom. The van der Waals surface area contributed by atoms with Crippen LogP contribution in [0.3, 0.4) is 0 Å². The lowest BCUT2D eigenvalue weighted by atomic mass is 10.1. The van der Waals surface area contributed by atoms with Gasteiger partial charge in [0.25, 0.3) is 0 Å². The maximum atomic E-state index is 11.4. The summed E-state index contributed by atoms with van der Waals surface area (Å²) in [4.78, 5) is 11.4. The maximum Gasteiger partial charge on any atom is 0.306 e. The van der Waals surface area contributed by atoms with E-state index in [1.807, 2.05) is 12.2 Å². The maximum absolute atomic E-state index is 11.4. The number of carbonyl (C=O) groups excluding carboxylic acids is 1. The Kier molecular flexibility index (Phi) is 5.40. The zero-order valence-corrected chi connectivity index (χ0v) is 9.32. The molecule has 1 N–H and O–H groups in total. The van der Waals surface area contributed by atoms with Crippen molar-refractivity contribution in [3.05, 3.63) is 12.2 Å². The van der Waals surface area contributed by atoms with Crippen molar-refractivity contribution in [1.82, 2.24) is 0 Å². The van der Waals surface area contributed by atoms with Gasteiger partial charge in [0.15, 0.2) is 0 Å². The van der Waals surface area contributed by atoms with Gasteiger partial charge in [0, 0.05) is 12.8 Å². The van der Waals surface area contributed by atoms with Gasteiger partial charge in [0.2, 0.25) is 0 Å². The molecule has 0 radical (unpaired) electrons. The van der Waals surface area contributed by atoms with E-state index in [4.69, 9.17) is 4.74 Å². The van der Waals surface area contributed by atoms with Gasteiger partial charge in [0.1, 0.15) is 6.10 Å². The molecule has 0 aliphatic carbocycles. The fraction of sp³-hybridized carbons (Fsp3) is 0.750. The molecule has 1 aliphatic heterocycles. The second-order valence-electron chi connectivity index (χ2n) is 4.02.